The van der Waals surface area contributed by atoms with E-state index >= 15 is 0 Å². The van der Waals surface area contributed by atoms with E-state index in [0.29, 0.717) is 0 Å². The summed E-state index contributed by atoms with van der Waals surface area (Å²) in [6, 6.07) is 10.7. The van der Waals surface area contributed by atoms with E-state index < -0.39 is 8.32 Å². The molecule has 1 rings (SSSR count). The molecule has 18 heavy (non-hydrogen) atoms. The molecule has 0 aliphatic heterocycles. The first kappa shape index (κ1) is 15.9. The van der Waals surface area contributed by atoms with Gasteiger partial charge in [-0.05, 0) is 0 Å². The maximum atomic E-state index is 6.32. The quantitative estimate of drug-likeness (QED) is 0.763. The molecule has 0 atom stereocenters. The molecule has 3 heteroatoms. The topological polar surface area (TPSA) is 9.23 Å². The van der Waals surface area contributed by atoms with Crippen molar-refractivity contribution < 1.29 is 4.43 Å². The molecule has 0 unspecified atom stereocenters. The summed E-state index contributed by atoms with van der Waals surface area (Å²) in [5, 5.41) is 1.16. The van der Waals surface area contributed by atoms with Crippen LogP contribution in [0.3, 0.4) is 0 Å². The molecule has 0 saturated carbocycles. The van der Waals surface area contributed by atoms with Crippen molar-refractivity contribution in [3.05, 3.63) is 35.9 Å². The minimum absolute atomic E-state index is 0.112. The van der Waals surface area contributed by atoms with Crippen molar-refractivity contribution in [1.82, 2.24) is 0 Å². The molecule has 0 N–H and O–H groups in total. The van der Waals surface area contributed by atoms with Gasteiger partial charge < -0.3 is 0 Å². The van der Waals surface area contributed by atoms with Gasteiger partial charge in [0.25, 0.3) is 0 Å². The van der Waals surface area contributed by atoms with Crippen LogP contribution < -0.4 is 0 Å². The Bertz CT molecular complexity index is 399. The van der Waals surface area contributed by atoms with Gasteiger partial charge >= 0.3 is 119 Å². The molecule has 0 aliphatic rings. The van der Waals surface area contributed by atoms with Gasteiger partial charge in [-0.25, -0.2) is 0 Å². The van der Waals surface area contributed by atoms with Gasteiger partial charge in [-0.1, -0.05) is 0 Å². The third kappa shape index (κ3) is 6.13. The zero-order valence-electron chi connectivity index (χ0n) is 12.4. The summed E-state index contributed by atoms with van der Waals surface area (Å²) in [6.07, 6.45) is 0. The Balaban J connectivity index is 2.84. The molecular weight excluding hydrogens is 299 g/mol. The fraction of sp³-hybridized carbons (Fsp3) is 0.533. The molecule has 0 saturated heterocycles. The minimum atomic E-state index is -1.48. The van der Waals surface area contributed by atoms with Crippen LogP contribution in [-0.4, -0.2) is 28.1 Å². The third-order valence-electron chi connectivity index (χ3n) is 2.29. The summed E-state index contributed by atoms with van der Waals surface area (Å²) < 4.78 is 7.67. The van der Waals surface area contributed by atoms with E-state index in [1.54, 1.807) is 0 Å². The van der Waals surface area contributed by atoms with Crippen molar-refractivity contribution in [3.8, 4) is 0 Å². The van der Waals surface area contributed by atoms with E-state index in [0.717, 1.165) is 5.21 Å². The van der Waals surface area contributed by atoms with Crippen LogP contribution in [0.25, 0.3) is 0 Å². The second-order valence-electron chi connectivity index (χ2n) is 6.57. The fourth-order valence-electron chi connectivity index (χ4n) is 1.46. The maximum absolute atomic E-state index is 6.32. The molecule has 1 nitrogen and oxygen atoms in total. The summed E-state index contributed by atoms with van der Waals surface area (Å²) in [5.74, 6) is 0. The van der Waals surface area contributed by atoms with Crippen LogP contribution in [0.1, 0.15) is 26.3 Å². The average molecular weight is 324 g/mol. The molecule has 0 amide bonds. The zero-order valence-corrected chi connectivity index (χ0v) is 15.3. The van der Waals surface area contributed by atoms with Crippen LogP contribution in [0.2, 0.25) is 19.6 Å². The number of rotatable bonds is 4. The Hall–Kier alpha value is -0.175. The summed E-state index contributed by atoms with van der Waals surface area (Å²) in [7, 11) is -1.48. The molecule has 100 valence electrons. The normalized spacial score (nSPS) is 13.8. The van der Waals surface area contributed by atoms with Gasteiger partial charge in [-0.15, -0.1) is 0 Å². The van der Waals surface area contributed by atoms with Crippen LogP contribution in [0.5, 0.6) is 0 Å². The van der Waals surface area contributed by atoms with Gasteiger partial charge in [0.05, 0.1) is 0 Å². The van der Waals surface area contributed by atoms with E-state index in [9.17, 15) is 0 Å². The summed E-state index contributed by atoms with van der Waals surface area (Å²) in [5.41, 5.74) is 1.60. The Labute approximate surface area is 119 Å². The van der Waals surface area contributed by atoms with Crippen LogP contribution in [0.15, 0.2) is 30.3 Å². The molecular formula is C15H25AsOSi. The molecule has 0 heterocycles. The van der Waals surface area contributed by atoms with Gasteiger partial charge in [0.15, 0.2) is 0 Å². The van der Waals surface area contributed by atoms with Crippen molar-refractivity contribution in [1.29, 1.82) is 0 Å². The van der Waals surface area contributed by atoms with E-state index in [-0.39, 0.29) is 20.7 Å². The van der Waals surface area contributed by atoms with Gasteiger partial charge in [0.2, 0.25) is 0 Å². The van der Waals surface area contributed by atoms with E-state index in [4.69, 9.17) is 4.43 Å². The number of hydrogen-bond donors (Lipinski definition) is 0. The molecule has 0 aromatic heterocycles. The molecule has 0 spiro atoms. The van der Waals surface area contributed by atoms with Crippen LogP contribution in [0, 0.1) is 5.41 Å². The van der Waals surface area contributed by atoms with Crippen molar-refractivity contribution in [2.45, 2.75) is 45.6 Å². The van der Waals surface area contributed by atoms with Gasteiger partial charge in [-0.2, -0.15) is 0 Å². The van der Waals surface area contributed by atoms with Crippen LogP contribution in [0.4, 0.5) is 0 Å². The first-order valence-electron chi connectivity index (χ1n) is 6.46. The molecule has 1 aromatic carbocycles. The first-order valence-corrected chi connectivity index (χ1v) is 12.1. The predicted octanol–water partition coefficient (Wildman–Crippen LogP) is 3.92. The molecule has 0 radical (unpaired) electrons. The predicted molar refractivity (Wildman–Crippen MR) is 84.8 cm³/mol. The molecule has 0 bridgehead atoms. The van der Waals surface area contributed by atoms with Crippen molar-refractivity contribution in [3.63, 3.8) is 0 Å². The van der Waals surface area contributed by atoms with Crippen molar-refractivity contribution >= 4 is 28.1 Å². The van der Waals surface area contributed by atoms with Crippen LogP contribution in [-0.2, 0) is 9.63 Å². The average Bonchev–Trinajstić information content (AvgIpc) is 2.22. The van der Waals surface area contributed by atoms with E-state index in [2.05, 4.69) is 70.7 Å². The SMILES string of the molecule is CC(C)(C)C(O[Si](C)(C)C)=[As]Cc1ccccc1. The Morgan fingerprint density at radius 3 is 2.11 bits per heavy atom. The van der Waals surface area contributed by atoms with Crippen molar-refractivity contribution in [2.24, 2.45) is 5.41 Å². The molecule has 0 aliphatic carbocycles. The number of hydrogen-bond acceptors (Lipinski definition) is 1. The van der Waals surface area contributed by atoms with Crippen molar-refractivity contribution in [2.75, 3.05) is 0 Å². The Morgan fingerprint density at radius 1 is 1.11 bits per heavy atom. The monoisotopic (exact) mass is 324 g/mol. The van der Waals surface area contributed by atoms with E-state index in [1.807, 2.05) is 0 Å². The van der Waals surface area contributed by atoms with Gasteiger partial charge in [0, 0.05) is 0 Å². The van der Waals surface area contributed by atoms with Gasteiger partial charge in [0.1, 0.15) is 0 Å². The van der Waals surface area contributed by atoms with Gasteiger partial charge in [-0.3, -0.25) is 0 Å². The third-order valence-corrected chi connectivity index (χ3v) is 6.78. The summed E-state index contributed by atoms with van der Waals surface area (Å²) >= 11 is 0.112. The van der Waals surface area contributed by atoms with Crippen LogP contribution >= 0.6 is 0 Å². The fourth-order valence-corrected chi connectivity index (χ4v) is 6.66. The first-order chi connectivity index (χ1) is 8.18. The zero-order chi connectivity index (χ0) is 13.8. The molecule has 0 fully saturated rings. The van der Waals surface area contributed by atoms with E-state index in [1.165, 1.54) is 10.1 Å². The standard InChI is InChI=1S/C15H25AsOSi/c1-15(2,3)14(17-18(4,5)6)16-12-13-10-8-7-9-11-13/h7-11H,12H2,1-6H3. The Morgan fingerprint density at radius 2 is 1.67 bits per heavy atom. The number of benzene rings is 1. The second-order valence-corrected chi connectivity index (χ2v) is 13.2. The summed E-state index contributed by atoms with van der Waals surface area (Å²) in [6.45, 7) is 13.6. The molecule has 1 aromatic rings. The second kappa shape index (κ2) is 6.32. The Kier molecular flexibility index (Phi) is 5.57. The summed E-state index contributed by atoms with van der Waals surface area (Å²) in [4.78, 5) is 0.